The lowest BCUT2D eigenvalue weighted by atomic mass is 10.1. The second-order valence-corrected chi connectivity index (χ2v) is 5.19. The highest BCUT2D eigenvalue weighted by Gasteiger charge is 2.15. The summed E-state index contributed by atoms with van der Waals surface area (Å²) < 4.78 is 11.7. The van der Waals surface area contributed by atoms with E-state index in [4.69, 9.17) is 9.47 Å². The first kappa shape index (κ1) is 15.1. The van der Waals surface area contributed by atoms with E-state index in [0.29, 0.717) is 11.1 Å². The highest BCUT2D eigenvalue weighted by atomic mass is 16.5. The van der Waals surface area contributed by atoms with Crippen LogP contribution in [0.3, 0.4) is 0 Å². The van der Waals surface area contributed by atoms with E-state index in [1.165, 1.54) is 14.2 Å². The minimum atomic E-state index is -0.381. The third-order valence-corrected chi connectivity index (χ3v) is 4.02. The van der Waals surface area contributed by atoms with Crippen molar-refractivity contribution in [3.8, 4) is 0 Å². The lowest BCUT2D eigenvalue weighted by Crippen LogP contribution is -2.00. The molecule has 0 atom stereocenters. The van der Waals surface area contributed by atoms with Crippen LogP contribution >= 0.6 is 0 Å². The topological polar surface area (TPSA) is 57.5 Å². The Kier molecular flexibility index (Phi) is 3.78. The van der Waals surface area contributed by atoms with E-state index in [2.05, 4.69) is 11.5 Å². The Hall–Kier alpha value is -2.82. The zero-order chi connectivity index (χ0) is 16.6. The molecule has 0 saturated carbocycles. The Morgan fingerprint density at radius 3 is 1.65 bits per heavy atom. The van der Waals surface area contributed by atoms with E-state index in [1.54, 1.807) is 24.3 Å². The number of hydrogen-bond acceptors (Lipinski definition) is 4. The summed E-state index contributed by atoms with van der Waals surface area (Å²) in [7, 11) is 2.72. The molecule has 118 valence electrons. The zero-order valence-corrected chi connectivity index (χ0v) is 13.3. The van der Waals surface area contributed by atoms with Gasteiger partial charge in [0.05, 0.1) is 25.3 Å². The molecule has 3 rings (SSSR count). The molecule has 0 N–H and O–H groups in total. The van der Waals surface area contributed by atoms with Gasteiger partial charge in [-0.25, -0.2) is 9.59 Å². The Morgan fingerprint density at radius 1 is 0.870 bits per heavy atom. The quantitative estimate of drug-likeness (QED) is 0.696. The molecule has 3 aromatic rings. The maximum absolute atomic E-state index is 11.8. The number of aromatic nitrogens is 1. The van der Waals surface area contributed by atoms with Gasteiger partial charge in [-0.1, -0.05) is 0 Å². The van der Waals surface area contributed by atoms with Crippen molar-refractivity contribution in [1.29, 1.82) is 0 Å². The minimum Gasteiger partial charge on any atom is -0.465 e. The van der Waals surface area contributed by atoms with Crippen molar-refractivity contribution in [2.24, 2.45) is 0 Å². The van der Waals surface area contributed by atoms with Crippen LogP contribution < -0.4 is 0 Å². The summed E-state index contributed by atoms with van der Waals surface area (Å²) in [4.78, 5) is 23.6. The van der Waals surface area contributed by atoms with Gasteiger partial charge in [0.25, 0.3) is 0 Å². The second-order valence-electron chi connectivity index (χ2n) is 5.19. The van der Waals surface area contributed by atoms with E-state index in [-0.39, 0.29) is 11.9 Å². The van der Waals surface area contributed by atoms with Crippen LogP contribution in [0, 0.1) is 0 Å². The molecule has 0 radical (unpaired) electrons. The molecular formula is C18H17NO4. The molecule has 0 aliphatic rings. The molecule has 0 bridgehead atoms. The summed E-state index contributed by atoms with van der Waals surface area (Å²) in [5.41, 5.74) is 2.99. The number of fused-ring (bicyclic) bond motifs is 3. The molecule has 0 aliphatic heterocycles. The lowest BCUT2D eigenvalue weighted by Gasteiger charge is -2.04. The number of carbonyl (C=O) groups excluding carboxylic acids is 2. The van der Waals surface area contributed by atoms with Gasteiger partial charge in [-0.3, -0.25) is 0 Å². The molecule has 5 heteroatoms. The lowest BCUT2D eigenvalue weighted by molar-refractivity contribution is 0.0592. The van der Waals surface area contributed by atoms with E-state index in [9.17, 15) is 9.59 Å². The minimum absolute atomic E-state index is 0.381. The average Bonchev–Trinajstić information content (AvgIpc) is 2.92. The van der Waals surface area contributed by atoms with Gasteiger partial charge in [-0.15, -0.1) is 0 Å². The molecule has 0 saturated heterocycles. The van der Waals surface area contributed by atoms with Gasteiger partial charge in [-0.05, 0) is 43.3 Å². The van der Waals surface area contributed by atoms with Crippen molar-refractivity contribution in [2.75, 3.05) is 14.2 Å². The first-order chi connectivity index (χ1) is 11.1. The van der Waals surface area contributed by atoms with Crippen LogP contribution in [0.2, 0.25) is 0 Å². The molecule has 0 aliphatic carbocycles. The number of rotatable bonds is 3. The molecule has 0 unspecified atom stereocenters. The van der Waals surface area contributed by atoms with Crippen LogP contribution in [0.4, 0.5) is 0 Å². The van der Waals surface area contributed by atoms with Crippen LogP contribution in [-0.4, -0.2) is 30.7 Å². The molecule has 2 aromatic carbocycles. The third-order valence-electron chi connectivity index (χ3n) is 4.02. The van der Waals surface area contributed by atoms with Crippen molar-refractivity contribution in [3.63, 3.8) is 0 Å². The van der Waals surface area contributed by atoms with Gasteiger partial charge in [0, 0.05) is 28.4 Å². The van der Waals surface area contributed by atoms with E-state index in [0.717, 1.165) is 28.4 Å². The third kappa shape index (κ3) is 2.34. The zero-order valence-electron chi connectivity index (χ0n) is 13.3. The Labute approximate surface area is 133 Å². The molecular weight excluding hydrogens is 294 g/mol. The molecule has 1 aromatic heterocycles. The van der Waals surface area contributed by atoms with Gasteiger partial charge in [0.15, 0.2) is 0 Å². The molecule has 0 amide bonds. The van der Waals surface area contributed by atoms with Crippen LogP contribution in [-0.2, 0) is 16.0 Å². The number of benzene rings is 2. The predicted molar refractivity (Wildman–Crippen MR) is 87.8 cm³/mol. The van der Waals surface area contributed by atoms with Gasteiger partial charge in [0.1, 0.15) is 0 Å². The Bertz CT molecular complexity index is 850. The van der Waals surface area contributed by atoms with Gasteiger partial charge in [-0.2, -0.15) is 0 Å². The summed E-state index contributed by atoms with van der Waals surface area (Å²) in [6, 6.07) is 10.9. The SMILES string of the molecule is CCn1c2ccc(C(=O)OC)cc2c2cc(C(=O)OC)ccc21. The number of methoxy groups -OCH3 is 2. The number of aryl methyl sites for hydroxylation is 1. The van der Waals surface area contributed by atoms with E-state index in [1.807, 2.05) is 12.1 Å². The fourth-order valence-corrected chi connectivity index (χ4v) is 2.93. The summed E-state index contributed by atoms with van der Waals surface area (Å²) >= 11 is 0. The van der Waals surface area contributed by atoms with Crippen LogP contribution in [0.15, 0.2) is 36.4 Å². The fourth-order valence-electron chi connectivity index (χ4n) is 2.93. The van der Waals surface area contributed by atoms with Crippen molar-refractivity contribution in [3.05, 3.63) is 47.5 Å². The maximum Gasteiger partial charge on any atom is 0.337 e. The van der Waals surface area contributed by atoms with Gasteiger partial charge in [0.2, 0.25) is 0 Å². The molecule has 23 heavy (non-hydrogen) atoms. The van der Waals surface area contributed by atoms with Crippen LogP contribution in [0.5, 0.6) is 0 Å². The number of carbonyl (C=O) groups is 2. The first-order valence-corrected chi connectivity index (χ1v) is 7.33. The largest absolute Gasteiger partial charge is 0.465 e. The molecule has 0 fully saturated rings. The predicted octanol–water partition coefficient (Wildman–Crippen LogP) is 3.39. The van der Waals surface area contributed by atoms with Crippen molar-refractivity contribution >= 4 is 33.7 Å². The average molecular weight is 311 g/mol. The first-order valence-electron chi connectivity index (χ1n) is 7.33. The number of ether oxygens (including phenoxy) is 2. The molecule has 1 heterocycles. The van der Waals surface area contributed by atoms with E-state index >= 15 is 0 Å². The van der Waals surface area contributed by atoms with Crippen LogP contribution in [0.25, 0.3) is 21.8 Å². The Balaban J connectivity index is 2.35. The standard InChI is InChI=1S/C18H17NO4/c1-4-19-15-7-5-11(17(20)22-2)9-13(15)14-10-12(18(21)23-3)6-8-16(14)19/h5-10H,4H2,1-3H3. The van der Waals surface area contributed by atoms with E-state index < -0.39 is 0 Å². The van der Waals surface area contributed by atoms with Crippen molar-refractivity contribution < 1.29 is 19.1 Å². The summed E-state index contributed by atoms with van der Waals surface area (Å²) in [5.74, 6) is -0.762. The highest BCUT2D eigenvalue weighted by Crippen LogP contribution is 2.31. The smallest absolute Gasteiger partial charge is 0.337 e. The Morgan fingerprint density at radius 2 is 1.30 bits per heavy atom. The second kappa shape index (κ2) is 5.76. The van der Waals surface area contributed by atoms with Crippen molar-refractivity contribution in [1.82, 2.24) is 4.57 Å². The van der Waals surface area contributed by atoms with Crippen molar-refractivity contribution in [2.45, 2.75) is 13.5 Å². The number of nitrogens with zero attached hydrogens (tertiary/aromatic N) is 1. The summed E-state index contributed by atoms with van der Waals surface area (Å²) in [5, 5.41) is 1.83. The van der Waals surface area contributed by atoms with Gasteiger partial charge >= 0.3 is 11.9 Å². The number of hydrogen-bond donors (Lipinski definition) is 0. The fraction of sp³-hybridized carbons (Fsp3) is 0.222. The van der Waals surface area contributed by atoms with Gasteiger partial charge < -0.3 is 14.0 Å². The molecule has 5 nitrogen and oxygen atoms in total. The van der Waals surface area contributed by atoms with Crippen LogP contribution in [0.1, 0.15) is 27.6 Å². The normalized spacial score (nSPS) is 10.9. The molecule has 0 spiro atoms. The summed E-state index contributed by atoms with van der Waals surface area (Å²) in [6.45, 7) is 2.84. The summed E-state index contributed by atoms with van der Waals surface area (Å²) in [6.07, 6.45) is 0. The monoisotopic (exact) mass is 311 g/mol. The maximum atomic E-state index is 11.8. The highest BCUT2D eigenvalue weighted by molar-refractivity contribution is 6.11. The number of esters is 2.